The fourth-order valence-electron chi connectivity index (χ4n) is 0.990. The number of hydrogen-bond donors (Lipinski definition) is 4. The molecular formula is C10H20N2O4S2. The number of nitrogens with two attached hydrogens (primary N) is 2. The smallest absolute Gasteiger partial charge is 0.320 e. The molecule has 106 valence electrons. The normalized spacial score (nSPS) is 14.1. The van der Waals surface area contributed by atoms with Crippen molar-refractivity contribution in [3.8, 4) is 0 Å². The third-order valence-electron chi connectivity index (χ3n) is 2.15. The second-order valence-corrected chi connectivity index (χ2v) is 6.14. The topological polar surface area (TPSA) is 127 Å². The molecule has 0 fully saturated rings. The minimum Gasteiger partial charge on any atom is -0.480 e. The molecule has 0 saturated heterocycles. The number of carboxylic acids is 2. The van der Waals surface area contributed by atoms with Crippen LogP contribution in [0.4, 0.5) is 0 Å². The van der Waals surface area contributed by atoms with Gasteiger partial charge in [0.1, 0.15) is 12.1 Å². The summed E-state index contributed by atoms with van der Waals surface area (Å²) in [7, 11) is 0. The fourth-order valence-corrected chi connectivity index (χ4v) is 3.18. The van der Waals surface area contributed by atoms with Gasteiger partial charge in [0.25, 0.3) is 0 Å². The molecule has 0 heterocycles. The van der Waals surface area contributed by atoms with E-state index in [2.05, 4.69) is 0 Å². The Balaban J connectivity index is 3.26. The maximum Gasteiger partial charge on any atom is 0.320 e. The molecule has 0 aromatic rings. The first-order valence-corrected chi connectivity index (χ1v) is 7.88. The molecule has 6 N–H and O–H groups in total. The van der Waals surface area contributed by atoms with Gasteiger partial charge < -0.3 is 21.7 Å². The second-order valence-electron chi connectivity index (χ2n) is 3.69. The summed E-state index contributed by atoms with van der Waals surface area (Å²) in [6, 6.07) is -1.56. The van der Waals surface area contributed by atoms with Crippen molar-refractivity contribution in [2.24, 2.45) is 11.5 Å². The van der Waals surface area contributed by atoms with Gasteiger partial charge in [0.05, 0.1) is 0 Å². The van der Waals surface area contributed by atoms with Crippen LogP contribution in [0.5, 0.6) is 0 Å². The van der Waals surface area contributed by atoms with Crippen LogP contribution in [0.15, 0.2) is 0 Å². The number of hydrogen-bond acceptors (Lipinski definition) is 6. The van der Waals surface area contributed by atoms with E-state index >= 15 is 0 Å². The lowest BCUT2D eigenvalue weighted by Crippen LogP contribution is -2.30. The first kappa shape index (κ1) is 17.6. The lowest BCUT2D eigenvalue weighted by molar-refractivity contribution is -0.139. The summed E-state index contributed by atoms with van der Waals surface area (Å²) in [6.07, 6.45) is 0.934. The van der Waals surface area contributed by atoms with Gasteiger partial charge in [-0.25, -0.2) is 0 Å². The van der Waals surface area contributed by atoms with Crippen LogP contribution in [0.25, 0.3) is 0 Å². The first-order chi connectivity index (χ1) is 8.45. The van der Waals surface area contributed by atoms with Crippen molar-refractivity contribution in [2.45, 2.75) is 24.9 Å². The third kappa shape index (κ3) is 9.58. The molecule has 0 amide bonds. The molecule has 0 aromatic carbocycles. The average molecular weight is 296 g/mol. The molecule has 0 unspecified atom stereocenters. The predicted octanol–water partition coefficient (Wildman–Crippen LogP) is 0.0568. The Bertz CT molecular complexity index is 240. The molecule has 0 bridgehead atoms. The maximum atomic E-state index is 10.4. The first-order valence-electron chi connectivity index (χ1n) is 5.57. The number of carbonyl (C=O) groups is 2. The Morgan fingerprint density at radius 1 is 0.833 bits per heavy atom. The van der Waals surface area contributed by atoms with Crippen LogP contribution in [0.1, 0.15) is 12.8 Å². The molecule has 18 heavy (non-hydrogen) atoms. The van der Waals surface area contributed by atoms with E-state index in [4.69, 9.17) is 21.7 Å². The molecule has 0 radical (unpaired) electrons. The van der Waals surface area contributed by atoms with Crippen LogP contribution in [0.3, 0.4) is 0 Å². The van der Waals surface area contributed by atoms with Gasteiger partial charge in [-0.05, 0) is 24.3 Å². The Labute approximate surface area is 115 Å². The van der Waals surface area contributed by atoms with Crippen LogP contribution in [0, 0.1) is 0 Å². The quantitative estimate of drug-likeness (QED) is 0.394. The lowest BCUT2D eigenvalue weighted by Gasteiger charge is -2.07. The number of carboxylic acid groups (broad SMARTS) is 2. The summed E-state index contributed by atoms with van der Waals surface area (Å²) in [5, 5.41) is 17.1. The maximum absolute atomic E-state index is 10.4. The zero-order chi connectivity index (χ0) is 14.0. The zero-order valence-electron chi connectivity index (χ0n) is 10.1. The van der Waals surface area contributed by atoms with E-state index in [0.29, 0.717) is 12.8 Å². The third-order valence-corrected chi connectivity index (χ3v) is 4.45. The Morgan fingerprint density at radius 2 is 1.17 bits per heavy atom. The molecule has 0 spiro atoms. The molecule has 2 atom stereocenters. The summed E-state index contributed by atoms with van der Waals surface area (Å²) in [5.41, 5.74) is 10.7. The van der Waals surface area contributed by atoms with Gasteiger partial charge in [-0.1, -0.05) is 0 Å². The van der Waals surface area contributed by atoms with Crippen LogP contribution in [0.2, 0.25) is 0 Å². The van der Waals surface area contributed by atoms with E-state index in [1.165, 1.54) is 0 Å². The predicted molar refractivity (Wildman–Crippen MR) is 75.1 cm³/mol. The van der Waals surface area contributed by atoms with E-state index in [1.54, 1.807) is 23.5 Å². The minimum atomic E-state index is -0.965. The Kier molecular flexibility index (Phi) is 10.2. The summed E-state index contributed by atoms with van der Waals surface area (Å²) >= 11 is 3.30. The van der Waals surface area contributed by atoms with Crippen molar-refractivity contribution in [1.82, 2.24) is 0 Å². The van der Waals surface area contributed by atoms with Crippen molar-refractivity contribution in [3.05, 3.63) is 0 Å². The average Bonchev–Trinajstić information content (AvgIpc) is 2.31. The zero-order valence-corrected chi connectivity index (χ0v) is 11.7. The Morgan fingerprint density at radius 3 is 1.44 bits per heavy atom. The van der Waals surface area contributed by atoms with E-state index in [1.807, 2.05) is 0 Å². The van der Waals surface area contributed by atoms with Crippen molar-refractivity contribution in [2.75, 3.05) is 23.0 Å². The Hall–Kier alpha value is -0.440. The van der Waals surface area contributed by atoms with Crippen molar-refractivity contribution < 1.29 is 19.8 Å². The van der Waals surface area contributed by atoms with Gasteiger partial charge in [-0.2, -0.15) is 23.5 Å². The number of rotatable bonds is 11. The molecule has 0 aliphatic heterocycles. The highest BCUT2D eigenvalue weighted by molar-refractivity contribution is 8.02. The monoisotopic (exact) mass is 296 g/mol. The van der Waals surface area contributed by atoms with E-state index < -0.39 is 24.0 Å². The van der Waals surface area contributed by atoms with Gasteiger partial charge in [-0.15, -0.1) is 0 Å². The van der Waals surface area contributed by atoms with Gasteiger partial charge in [0.15, 0.2) is 0 Å². The van der Waals surface area contributed by atoms with Crippen LogP contribution >= 0.6 is 23.5 Å². The summed E-state index contributed by atoms with van der Waals surface area (Å²) in [5.74, 6) is 1.32. The standard InChI is InChI=1S/C10H20N2O4S2/c11-7(9(13)14)1-3-17-5-6-18-4-2-8(12)10(15)16/h7-8H,1-6,11-12H2,(H,13,14)(H,15,16)/t7-,8-/m0/s1. The summed E-state index contributed by atoms with van der Waals surface area (Å²) in [6.45, 7) is 0. The van der Waals surface area contributed by atoms with Crippen LogP contribution in [-0.4, -0.2) is 57.2 Å². The van der Waals surface area contributed by atoms with Crippen molar-refractivity contribution in [3.63, 3.8) is 0 Å². The van der Waals surface area contributed by atoms with Gasteiger partial charge in [0.2, 0.25) is 0 Å². The molecule has 6 nitrogen and oxygen atoms in total. The van der Waals surface area contributed by atoms with Gasteiger partial charge in [-0.3, -0.25) is 9.59 Å². The van der Waals surface area contributed by atoms with Crippen LogP contribution in [-0.2, 0) is 9.59 Å². The van der Waals surface area contributed by atoms with Gasteiger partial charge in [0, 0.05) is 11.5 Å². The lowest BCUT2D eigenvalue weighted by atomic mass is 10.2. The molecule has 0 aromatic heterocycles. The highest BCUT2D eigenvalue weighted by Crippen LogP contribution is 2.10. The highest BCUT2D eigenvalue weighted by atomic mass is 32.2. The molecule has 0 aliphatic rings. The minimum absolute atomic E-state index is 0.467. The molecular weight excluding hydrogens is 276 g/mol. The second kappa shape index (κ2) is 10.5. The molecule has 0 saturated carbocycles. The van der Waals surface area contributed by atoms with Crippen molar-refractivity contribution in [1.29, 1.82) is 0 Å². The van der Waals surface area contributed by atoms with E-state index in [9.17, 15) is 9.59 Å². The summed E-state index contributed by atoms with van der Waals surface area (Å²) < 4.78 is 0. The fraction of sp³-hybridized carbons (Fsp3) is 0.800. The molecule has 0 rings (SSSR count). The number of thioether (sulfide) groups is 2. The molecule has 0 aliphatic carbocycles. The largest absolute Gasteiger partial charge is 0.480 e. The van der Waals surface area contributed by atoms with Gasteiger partial charge >= 0.3 is 11.9 Å². The van der Waals surface area contributed by atoms with Crippen LogP contribution < -0.4 is 11.5 Å². The van der Waals surface area contributed by atoms with E-state index in [0.717, 1.165) is 23.0 Å². The number of aliphatic carboxylic acids is 2. The SMILES string of the molecule is N[C@@H](CCSCCSCC[C@H](N)C(=O)O)C(=O)O. The highest BCUT2D eigenvalue weighted by Gasteiger charge is 2.11. The van der Waals surface area contributed by atoms with Crippen molar-refractivity contribution >= 4 is 35.5 Å². The van der Waals surface area contributed by atoms with E-state index in [-0.39, 0.29) is 0 Å². The summed E-state index contributed by atoms with van der Waals surface area (Å²) in [4.78, 5) is 20.9. The molecule has 8 heteroatoms.